The SMILES string of the molecule is COC(=O)C1C=C(c2nn(PI)cc2CN(C)CCN(C)C(=O)OC(C)(C)C)CCC1(C)C. The Morgan fingerprint density at radius 3 is 2.55 bits per heavy atom. The first-order valence-electron chi connectivity index (χ1n) is 11.1. The summed E-state index contributed by atoms with van der Waals surface area (Å²) in [6.07, 6.45) is 6.08. The number of aromatic nitrogens is 2. The molecule has 0 saturated carbocycles. The Labute approximate surface area is 212 Å². The van der Waals surface area contributed by atoms with Gasteiger partial charge in [0.1, 0.15) is 5.60 Å². The summed E-state index contributed by atoms with van der Waals surface area (Å²) in [5.74, 6) is -0.484. The lowest BCUT2D eigenvalue weighted by Crippen LogP contribution is -2.38. The van der Waals surface area contributed by atoms with Crippen LogP contribution in [0.1, 0.15) is 58.7 Å². The van der Waals surface area contributed by atoms with E-state index in [2.05, 4.69) is 53.1 Å². The molecular formula is C23H38IN4O4P. The van der Waals surface area contributed by atoms with Crippen molar-refractivity contribution in [2.45, 2.75) is 59.6 Å². The molecule has 0 radical (unpaired) electrons. The summed E-state index contributed by atoms with van der Waals surface area (Å²) < 4.78 is 12.5. The number of methoxy groups -OCH3 is 1. The van der Waals surface area contributed by atoms with Crippen LogP contribution in [-0.4, -0.2) is 71.3 Å². The average molecular weight is 592 g/mol. The Morgan fingerprint density at radius 2 is 1.97 bits per heavy atom. The molecule has 0 fully saturated rings. The van der Waals surface area contributed by atoms with Crippen molar-refractivity contribution in [2.24, 2.45) is 11.3 Å². The Kier molecular flexibility index (Phi) is 9.77. The van der Waals surface area contributed by atoms with E-state index < -0.39 is 5.60 Å². The van der Waals surface area contributed by atoms with E-state index in [-0.39, 0.29) is 23.4 Å². The smallest absolute Gasteiger partial charge is 0.410 e. The molecule has 2 unspecified atom stereocenters. The molecule has 2 rings (SSSR count). The van der Waals surface area contributed by atoms with E-state index in [0.29, 0.717) is 26.0 Å². The second kappa shape index (κ2) is 11.5. The van der Waals surface area contributed by atoms with Gasteiger partial charge in [-0.05, 0) is 73.7 Å². The summed E-state index contributed by atoms with van der Waals surface area (Å²) in [5.41, 5.74) is 2.53. The summed E-state index contributed by atoms with van der Waals surface area (Å²) in [5, 5.41) is 4.83. The van der Waals surface area contributed by atoms with Gasteiger partial charge in [-0.3, -0.25) is 4.79 Å². The van der Waals surface area contributed by atoms with E-state index in [9.17, 15) is 9.59 Å². The molecule has 1 aromatic rings. The van der Waals surface area contributed by atoms with Gasteiger partial charge in [0.2, 0.25) is 0 Å². The van der Waals surface area contributed by atoms with Crippen molar-refractivity contribution < 1.29 is 19.1 Å². The average Bonchev–Trinajstić information content (AvgIpc) is 3.12. The van der Waals surface area contributed by atoms with Crippen LogP contribution in [0, 0.1) is 11.3 Å². The number of hydrogen-bond acceptors (Lipinski definition) is 6. The topological polar surface area (TPSA) is 76.9 Å². The number of rotatable bonds is 8. The predicted molar refractivity (Wildman–Crippen MR) is 142 cm³/mol. The number of likely N-dealkylation sites (N-methyl/N-ethyl adjacent to an activating group) is 2. The predicted octanol–water partition coefficient (Wildman–Crippen LogP) is 4.97. The fraction of sp³-hybridized carbons (Fsp3) is 0.696. The molecule has 186 valence electrons. The van der Waals surface area contributed by atoms with E-state index in [1.54, 1.807) is 11.9 Å². The number of halogens is 1. The van der Waals surface area contributed by atoms with Gasteiger partial charge in [0, 0.05) is 38.4 Å². The van der Waals surface area contributed by atoms with Crippen LogP contribution in [0.5, 0.6) is 0 Å². The van der Waals surface area contributed by atoms with Crippen LogP contribution in [0.15, 0.2) is 12.3 Å². The Bertz CT molecular complexity index is 878. The number of hydrogen-bond donors (Lipinski definition) is 0. The molecule has 8 nitrogen and oxygen atoms in total. The number of carbonyl (C=O) groups excluding carboxylic acids is 2. The van der Waals surface area contributed by atoms with Crippen molar-refractivity contribution in [3.8, 4) is 0 Å². The van der Waals surface area contributed by atoms with Crippen molar-refractivity contribution in [1.29, 1.82) is 0 Å². The van der Waals surface area contributed by atoms with Crippen LogP contribution in [0.4, 0.5) is 4.79 Å². The minimum Gasteiger partial charge on any atom is -0.469 e. The highest BCUT2D eigenvalue weighted by molar-refractivity contribution is 14.2. The molecular weight excluding hydrogens is 554 g/mol. The molecule has 0 N–H and O–H groups in total. The molecule has 0 aliphatic heterocycles. The minimum absolute atomic E-state index is 0.145. The molecule has 10 heteroatoms. The Morgan fingerprint density at radius 1 is 1.30 bits per heavy atom. The standard InChI is InChI=1S/C23H38IN4O4P/c1-22(2,3)32-21(30)27(7)12-11-26(6)14-17-15-28(33-24)25-19(17)16-9-10-23(4,5)18(13-16)20(29)31-8/h13,15,18,33H,9-12,14H2,1-8H3. The van der Waals surface area contributed by atoms with E-state index >= 15 is 0 Å². The molecule has 2 atom stereocenters. The van der Waals surface area contributed by atoms with Gasteiger partial charge in [-0.2, -0.15) is 5.10 Å². The Balaban J connectivity index is 2.14. The van der Waals surface area contributed by atoms with Gasteiger partial charge in [0.15, 0.2) is 0 Å². The van der Waals surface area contributed by atoms with Crippen LogP contribution < -0.4 is 0 Å². The van der Waals surface area contributed by atoms with Gasteiger partial charge < -0.3 is 19.3 Å². The highest BCUT2D eigenvalue weighted by Gasteiger charge is 2.38. The quantitative estimate of drug-likeness (QED) is 0.241. The van der Waals surface area contributed by atoms with Gasteiger partial charge in [-0.25, -0.2) is 9.25 Å². The van der Waals surface area contributed by atoms with Crippen molar-refractivity contribution >= 4 is 46.1 Å². The third-order valence-electron chi connectivity index (χ3n) is 5.85. The zero-order chi connectivity index (χ0) is 25.0. The Hall–Kier alpha value is -1.19. The molecule has 1 amide bonds. The number of esters is 1. The van der Waals surface area contributed by atoms with Crippen LogP contribution in [0.3, 0.4) is 0 Å². The molecule has 1 aliphatic rings. The summed E-state index contributed by atoms with van der Waals surface area (Å²) in [6.45, 7) is 11.8. The molecule has 33 heavy (non-hydrogen) atoms. The van der Waals surface area contributed by atoms with E-state index in [0.717, 1.165) is 29.7 Å². The highest BCUT2D eigenvalue weighted by atomic mass is 127. The maximum atomic E-state index is 12.4. The molecule has 0 spiro atoms. The van der Waals surface area contributed by atoms with E-state index in [4.69, 9.17) is 14.6 Å². The first-order chi connectivity index (χ1) is 15.3. The zero-order valence-electron chi connectivity index (χ0n) is 21.1. The van der Waals surface area contributed by atoms with Gasteiger partial charge in [-0.1, -0.05) is 19.9 Å². The van der Waals surface area contributed by atoms with Crippen molar-refractivity contribution in [1.82, 2.24) is 19.4 Å². The van der Waals surface area contributed by atoms with Crippen LogP contribution in [-0.2, 0) is 20.8 Å². The summed E-state index contributed by atoms with van der Waals surface area (Å²) in [7, 11) is 5.23. The number of carbonyl (C=O) groups is 2. The van der Waals surface area contributed by atoms with Crippen molar-refractivity contribution in [3.05, 3.63) is 23.5 Å². The number of ether oxygens (including phenoxy) is 2. The third-order valence-corrected chi connectivity index (χ3v) is 7.73. The lowest BCUT2D eigenvalue weighted by atomic mass is 9.69. The molecule has 1 aliphatic carbocycles. The lowest BCUT2D eigenvalue weighted by molar-refractivity contribution is -0.147. The van der Waals surface area contributed by atoms with E-state index in [1.807, 2.05) is 32.3 Å². The van der Waals surface area contributed by atoms with Crippen LogP contribution in [0.25, 0.3) is 5.57 Å². The third kappa shape index (κ3) is 7.92. The zero-order valence-corrected chi connectivity index (χ0v) is 24.2. The van der Waals surface area contributed by atoms with Gasteiger partial charge in [0.25, 0.3) is 0 Å². The van der Waals surface area contributed by atoms with Crippen LogP contribution >= 0.6 is 28.4 Å². The first-order valence-corrected chi connectivity index (χ1v) is 15.2. The fourth-order valence-corrected chi connectivity index (χ4v) is 4.88. The molecule has 1 aromatic heterocycles. The second-order valence-electron chi connectivity index (χ2n) is 10.4. The summed E-state index contributed by atoms with van der Waals surface area (Å²) >= 11 is 2.32. The van der Waals surface area contributed by atoms with Gasteiger partial charge in [0.05, 0.1) is 25.1 Å². The van der Waals surface area contributed by atoms with Crippen molar-refractivity contribution in [3.63, 3.8) is 0 Å². The van der Waals surface area contributed by atoms with E-state index in [1.165, 1.54) is 7.11 Å². The molecule has 1 heterocycles. The van der Waals surface area contributed by atoms with Gasteiger partial charge >= 0.3 is 12.1 Å². The number of nitrogens with zero attached hydrogens (tertiary/aromatic N) is 4. The second-order valence-corrected chi connectivity index (χ2v) is 12.4. The molecule has 0 bridgehead atoms. The normalized spacial score (nSPS) is 18.5. The minimum atomic E-state index is -0.509. The van der Waals surface area contributed by atoms with Gasteiger partial charge in [-0.15, -0.1) is 0 Å². The molecule has 0 saturated heterocycles. The fourth-order valence-electron chi connectivity index (χ4n) is 3.79. The molecule has 0 aromatic carbocycles. The maximum Gasteiger partial charge on any atom is 0.410 e. The largest absolute Gasteiger partial charge is 0.469 e. The summed E-state index contributed by atoms with van der Waals surface area (Å²) in [6, 6.07) is 0. The maximum absolute atomic E-state index is 12.4. The number of allylic oxidation sites excluding steroid dienone is 1. The first kappa shape index (κ1) is 28.1. The van der Waals surface area contributed by atoms with Crippen LogP contribution in [0.2, 0.25) is 0 Å². The monoisotopic (exact) mass is 592 g/mol. The van der Waals surface area contributed by atoms with Crippen molar-refractivity contribution in [2.75, 3.05) is 34.3 Å². The number of amides is 1. The highest BCUT2D eigenvalue weighted by Crippen LogP contribution is 2.43. The lowest BCUT2D eigenvalue weighted by Gasteiger charge is -2.35. The summed E-state index contributed by atoms with van der Waals surface area (Å²) in [4.78, 5) is 28.4.